The largest absolute Gasteiger partial charge is 0.456 e. The lowest BCUT2D eigenvalue weighted by Gasteiger charge is -2.26. The third-order valence-corrected chi connectivity index (χ3v) is 10.0. The van der Waals surface area contributed by atoms with Crippen LogP contribution in [0.3, 0.4) is 0 Å². The molecule has 10 rings (SSSR count). The standard InChI is InChI=1S/C48H31NO/c1-2-10-32(11-3-1)33-18-23-37(24-19-33)49(39-27-29-43-42-16-8-9-17-46(42)50-47(43)31-39)38-25-20-35(21-26-38)45-30-36-13-5-7-15-41(36)48-40-14-6-4-12-34(40)22-28-44(45)48/h1-31H. The van der Waals surface area contributed by atoms with Crippen LogP contribution in [-0.2, 0) is 0 Å². The van der Waals surface area contributed by atoms with Crippen molar-refractivity contribution in [3.8, 4) is 22.3 Å². The Morgan fingerprint density at radius 2 is 0.860 bits per heavy atom. The van der Waals surface area contributed by atoms with E-state index in [0.29, 0.717) is 0 Å². The Bertz CT molecular complexity index is 2830. The molecule has 0 fully saturated rings. The topological polar surface area (TPSA) is 16.4 Å². The van der Waals surface area contributed by atoms with E-state index < -0.39 is 0 Å². The van der Waals surface area contributed by atoms with Gasteiger partial charge in [-0.3, -0.25) is 0 Å². The van der Waals surface area contributed by atoms with E-state index in [2.05, 4.69) is 181 Å². The first kappa shape index (κ1) is 28.4. The fraction of sp³-hybridized carbons (Fsp3) is 0. The summed E-state index contributed by atoms with van der Waals surface area (Å²) in [5.74, 6) is 0. The van der Waals surface area contributed by atoms with Crippen LogP contribution in [0.2, 0.25) is 0 Å². The summed E-state index contributed by atoms with van der Waals surface area (Å²) < 4.78 is 6.35. The fourth-order valence-electron chi connectivity index (χ4n) is 7.63. The zero-order valence-electron chi connectivity index (χ0n) is 27.3. The van der Waals surface area contributed by atoms with Crippen molar-refractivity contribution in [3.63, 3.8) is 0 Å². The van der Waals surface area contributed by atoms with Gasteiger partial charge in [-0.15, -0.1) is 0 Å². The first-order valence-electron chi connectivity index (χ1n) is 17.1. The van der Waals surface area contributed by atoms with Crippen LogP contribution in [0.4, 0.5) is 17.1 Å². The molecule has 0 aliphatic heterocycles. The number of furan rings is 1. The van der Waals surface area contributed by atoms with Crippen molar-refractivity contribution in [1.82, 2.24) is 0 Å². The summed E-state index contributed by atoms with van der Waals surface area (Å²) in [4.78, 5) is 2.32. The molecule has 0 amide bonds. The number of para-hydroxylation sites is 1. The van der Waals surface area contributed by atoms with Gasteiger partial charge in [0.25, 0.3) is 0 Å². The van der Waals surface area contributed by atoms with Gasteiger partial charge in [-0.1, -0.05) is 133 Å². The van der Waals surface area contributed by atoms with E-state index in [1.165, 1.54) is 54.6 Å². The number of fused-ring (bicyclic) bond motifs is 8. The Morgan fingerprint density at radius 1 is 0.320 bits per heavy atom. The first-order valence-corrected chi connectivity index (χ1v) is 17.1. The maximum absolute atomic E-state index is 6.35. The van der Waals surface area contributed by atoms with Gasteiger partial charge in [-0.25, -0.2) is 0 Å². The molecule has 0 aliphatic rings. The molecule has 2 heteroatoms. The molecular weight excluding hydrogens is 607 g/mol. The maximum Gasteiger partial charge on any atom is 0.137 e. The second kappa shape index (κ2) is 11.5. The van der Waals surface area contributed by atoms with Gasteiger partial charge in [0.2, 0.25) is 0 Å². The van der Waals surface area contributed by atoms with E-state index in [1.54, 1.807) is 0 Å². The Labute approximate surface area is 290 Å². The van der Waals surface area contributed by atoms with Crippen LogP contribution >= 0.6 is 0 Å². The van der Waals surface area contributed by atoms with Crippen molar-refractivity contribution in [2.75, 3.05) is 4.90 Å². The summed E-state index contributed by atoms with van der Waals surface area (Å²) in [6, 6.07) is 67.5. The molecule has 1 aromatic heterocycles. The fourth-order valence-corrected chi connectivity index (χ4v) is 7.63. The lowest BCUT2D eigenvalue weighted by atomic mass is 9.90. The highest BCUT2D eigenvalue weighted by Crippen LogP contribution is 2.42. The molecular formula is C48H31NO. The lowest BCUT2D eigenvalue weighted by Crippen LogP contribution is -2.09. The summed E-state index contributed by atoms with van der Waals surface area (Å²) in [5.41, 5.74) is 9.79. The maximum atomic E-state index is 6.35. The van der Waals surface area contributed by atoms with Crippen LogP contribution in [0.5, 0.6) is 0 Å². The van der Waals surface area contributed by atoms with Gasteiger partial charge in [0.05, 0.1) is 0 Å². The molecule has 2 nitrogen and oxygen atoms in total. The highest BCUT2D eigenvalue weighted by atomic mass is 16.3. The normalized spacial score (nSPS) is 11.6. The van der Waals surface area contributed by atoms with Gasteiger partial charge in [-0.2, -0.15) is 0 Å². The van der Waals surface area contributed by atoms with Crippen molar-refractivity contribution in [1.29, 1.82) is 0 Å². The second-order valence-corrected chi connectivity index (χ2v) is 12.9. The number of anilines is 3. The summed E-state index contributed by atoms with van der Waals surface area (Å²) >= 11 is 0. The van der Waals surface area contributed by atoms with E-state index in [9.17, 15) is 0 Å². The first-order chi connectivity index (χ1) is 24.8. The minimum Gasteiger partial charge on any atom is -0.456 e. The van der Waals surface area contributed by atoms with Gasteiger partial charge in [0.1, 0.15) is 11.2 Å². The predicted molar refractivity (Wildman–Crippen MR) is 212 cm³/mol. The summed E-state index contributed by atoms with van der Waals surface area (Å²) in [6.07, 6.45) is 0. The molecule has 1 heterocycles. The van der Waals surface area contributed by atoms with E-state index in [4.69, 9.17) is 4.42 Å². The van der Waals surface area contributed by atoms with Gasteiger partial charge in [-0.05, 0) is 103 Å². The van der Waals surface area contributed by atoms with E-state index in [0.717, 1.165) is 39.0 Å². The third kappa shape index (κ3) is 4.65. The minimum absolute atomic E-state index is 0.876. The number of rotatable bonds is 5. The average Bonchev–Trinajstić information content (AvgIpc) is 3.56. The summed E-state index contributed by atoms with van der Waals surface area (Å²) in [6.45, 7) is 0. The minimum atomic E-state index is 0.876. The van der Waals surface area contributed by atoms with E-state index in [-0.39, 0.29) is 0 Å². The molecule has 234 valence electrons. The Morgan fingerprint density at radius 3 is 1.62 bits per heavy atom. The van der Waals surface area contributed by atoms with Crippen LogP contribution in [0.1, 0.15) is 0 Å². The summed E-state index contributed by atoms with van der Waals surface area (Å²) in [7, 11) is 0. The van der Waals surface area contributed by atoms with E-state index in [1.807, 2.05) is 12.1 Å². The Hall–Kier alpha value is -6.64. The van der Waals surface area contributed by atoms with Crippen LogP contribution in [0, 0.1) is 0 Å². The summed E-state index contributed by atoms with van der Waals surface area (Å²) in [5, 5.41) is 9.89. The van der Waals surface area contributed by atoms with Crippen LogP contribution in [-0.4, -0.2) is 0 Å². The highest BCUT2D eigenvalue weighted by Gasteiger charge is 2.17. The lowest BCUT2D eigenvalue weighted by molar-refractivity contribution is 0.669. The molecule has 0 N–H and O–H groups in total. The van der Waals surface area contributed by atoms with Crippen LogP contribution in [0.25, 0.3) is 76.5 Å². The number of nitrogens with zero attached hydrogens (tertiary/aromatic N) is 1. The zero-order valence-corrected chi connectivity index (χ0v) is 27.3. The Kier molecular flexibility index (Phi) is 6.53. The second-order valence-electron chi connectivity index (χ2n) is 12.9. The van der Waals surface area contributed by atoms with Crippen molar-refractivity contribution >= 4 is 71.3 Å². The number of benzene rings is 9. The molecule has 50 heavy (non-hydrogen) atoms. The van der Waals surface area contributed by atoms with Gasteiger partial charge in [0, 0.05) is 33.9 Å². The molecule has 0 spiro atoms. The molecule has 0 saturated carbocycles. The van der Waals surface area contributed by atoms with E-state index >= 15 is 0 Å². The third-order valence-electron chi connectivity index (χ3n) is 10.0. The molecule has 0 unspecified atom stereocenters. The van der Waals surface area contributed by atoms with Gasteiger partial charge < -0.3 is 9.32 Å². The average molecular weight is 638 g/mol. The van der Waals surface area contributed by atoms with Gasteiger partial charge >= 0.3 is 0 Å². The molecule has 9 aromatic carbocycles. The molecule has 0 atom stereocenters. The quantitative estimate of drug-likeness (QED) is 0.175. The Balaban J connectivity index is 1.12. The highest BCUT2D eigenvalue weighted by molar-refractivity contribution is 6.24. The van der Waals surface area contributed by atoms with Gasteiger partial charge in [0.15, 0.2) is 0 Å². The SMILES string of the molecule is c1ccc(-c2ccc(N(c3ccc(-c4cc5ccccc5c5c4ccc4ccccc45)cc3)c3ccc4c(c3)oc3ccccc34)cc2)cc1. The molecule has 0 saturated heterocycles. The van der Waals surface area contributed by atoms with Crippen LogP contribution < -0.4 is 4.90 Å². The predicted octanol–water partition coefficient (Wildman–Crippen LogP) is 13.8. The molecule has 10 aromatic rings. The van der Waals surface area contributed by atoms with Crippen molar-refractivity contribution < 1.29 is 4.42 Å². The van der Waals surface area contributed by atoms with Crippen molar-refractivity contribution in [3.05, 3.63) is 188 Å². The van der Waals surface area contributed by atoms with Crippen LogP contribution in [0.15, 0.2) is 192 Å². The molecule has 0 aliphatic carbocycles. The number of hydrogen-bond donors (Lipinski definition) is 0. The number of hydrogen-bond acceptors (Lipinski definition) is 2. The van der Waals surface area contributed by atoms with Crippen molar-refractivity contribution in [2.45, 2.75) is 0 Å². The monoisotopic (exact) mass is 637 g/mol. The van der Waals surface area contributed by atoms with Crippen molar-refractivity contribution in [2.24, 2.45) is 0 Å². The molecule has 0 bridgehead atoms. The molecule has 0 radical (unpaired) electrons. The smallest absolute Gasteiger partial charge is 0.137 e. The zero-order chi connectivity index (χ0) is 33.0.